The number of fused-ring (bicyclic) bond motifs is 1. The summed E-state index contributed by atoms with van der Waals surface area (Å²) in [4.78, 5) is 24.0. The van der Waals surface area contributed by atoms with E-state index in [0.29, 0.717) is 41.5 Å². The molecule has 7 nitrogen and oxygen atoms in total. The van der Waals surface area contributed by atoms with Crippen LogP contribution in [0.15, 0.2) is 30.3 Å². The Bertz CT molecular complexity index is 893. The minimum atomic E-state index is -0.465. The smallest absolute Gasteiger partial charge is 0.344 e. The van der Waals surface area contributed by atoms with Crippen molar-refractivity contribution < 1.29 is 28.5 Å². The summed E-state index contributed by atoms with van der Waals surface area (Å²) in [6.07, 6.45) is 0.733. The summed E-state index contributed by atoms with van der Waals surface area (Å²) in [5.41, 5.74) is 3.03. The van der Waals surface area contributed by atoms with Crippen LogP contribution in [0.4, 0.5) is 0 Å². The Morgan fingerprint density at radius 1 is 1.04 bits per heavy atom. The maximum Gasteiger partial charge on any atom is 0.344 e. The van der Waals surface area contributed by atoms with Gasteiger partial charge in [-0.25, -0.2) is 4.79 Å². The van der Waals surface area contributed by atoms with Crippen LogP contribution < -0.4 is 19.5 Å². The number of rotatable bonds is 8. The molecule has 2 aromatic carbocycles. The molecule has 0 spiro atoms. The van der Waals surface area contributed by atoms with E-state index in [2.05, 4.69) is 5.32 Å². The average Bonchev–Trinajstić information content (AvgIpc) is 3.11. The van der Waals surface area contributed by atoms with E-state index in [-0.39, 0.29) is 12.5 Å². The van der Waals surface area contributed by atoms with Crippen LogP contribution in [0.5, 0.6) is 17.2 Å². The number of methoxy groups -OCH3 is 2. The lowest BCUT2D eigenvalue weighted by atomic mass is 9.95. The van der Waals surface area contributed by atoms with Crippen LogP contribution in [0.2, 0.25) is 0 Å². The number of nitrogens with one attached hydrogen (secondary N) is 1. The van der Waals surface area contributed by atoms with Crippen LogP contribution in [0.1, 0.15) is 29.3 Å². The van der Waals surface area contributed by atoms with Crippen LogP contribution in [0, 0.1) is 0 Å². The number of hydrogen-bond acceptors (Lipinski definition) is 6. The summed E-state index contributed by atoms with van der Waals surface area (Å²) in [5, 5.41) is 2.83. The van der Waals surface area contributed by atoms with Crippen LogP contribution in [0.25, 0.3) is 11.1 Å². The third-order valence-corrected chi connectivity index (χ3v) is 4.44. The number of hydrogen-bond donors (Lipinski definition) is 1. The molecule has 0 saturated heterocycles. The third-order valence-electron chi connectivity index (χ3n) is 4.44. The van der Waals surface area contributed by atoms with Crippen molar-refractivity contribution in [3.8, 4) is 28.4 Å². The normalized spacial score (nSPS) is 12.2. The molecule has 2 aromatic rings. The van der Waals surface area contributed by atoms with Crippen molar-refractivity contribution in [2.75, 3.05) is 27.4 Å². The minimum Gasteiger partial charge on any atom is -0.493 e. The van der Waals surface area contributed by atoms with Gasteiger partial charge in [0, 0.05) is 17.7 Å². The van der Waals surface area contributed by atoms with E-state index in [1.807, 2.05) is 25.1 Å². The molecule has 0 aromatic heterocycles. The van der Waals surface area contributed by atoms with Gasteiger partial charge in [0.2, 0.25) is 5.75 Å². The number of carbonyl (C=O) groups excluding carboxylic acids is 2. The molecule has 0 unspecified atom stereocenters. The van der Waals surface area contributed by atoms with Gasteiger partial charge in [-0.2, -0.15) is 0 Å². The highest BCUT2D eigenvalue weighted by Crippen LogP contribution is 2.46. The van der Waals surface area contributed by atoms with Gasteiger partial charge in [0.05, 0.1) is 20.8 Å². The van der Waals surface area contributed by atoms with Crippen molar-refractivity contribution in [1.29, 1.82) is 0 Å². The van der Waals surface area contributed by atoms with Crippen molar-refractivity contribution in [2.24, 2.45) is 0 Å². The number of carbonyl (C=O) groups is 2. The lowest BCUT2D eigenvalue weighted by Crippen LogP contribution is -2.16. The van der Waals surface area contributed by atoms with Crippen molar-refractivity contribution in [2.45, 2.75) is 19.9 Å². The van der Waals surface area contributed by atoms with Gasteiger partial charge >= 0.3 is 5.97 Å². The van der Waals surface area contributed by atoms with Gasteiger partial charge < -0.3 is 24.3 Å². The molecule has 0 bridgehead atoms. The zero-order valence-corrected chi connectivity index (χ0v) is 16.2. The van der Waals surface area contributed by atoms with E-state index in [9.17, 15) is 9.59 Å². The molecule has 28 heavy (non-hydrogen) atoms. The highest BCUT2D eigenvalue weighted by atomic mass is 16.6. The molecule has 7 heteroatoms. The quantitative estimate of drug-likeness (QED) is 0.704. The first-order valence-corrected chi connectivity index (χ1v) is 9.04. The Morgan fingerprint density at radius 2 is 1.82 bits per heavy atom. The van der Waals surface area contributed by atoms with Crippen molar-refractivity contribution in [3.05, 3.63) is 41.5 Å². The molecule has 1 aliphatic heterocycles. The lowest BCUT2D eigenvalue weighted by Gasteiger charge is -2.18. The second-order valence-electron chi connectivity index (χ2n) is 6.20. The predicted molar refractivity (Wildman–Crippen MR) is 103 cm³/mol. The monoisotopic (exact) mass is 385 g/mol. The third kappa shape index (κ3) is 3.74. The second-order valence-corrected chi connectivity index (χ2v) is 6.20. The van der Waals surface area contributed by atoms with Gasteiger partial charge in [0.25, 0.3) is 5.91 Å². The molecular formula is C21H23NO6. The van der Waals surface area contributed by atoms with Gasteiger partial charge in [-0.3, -0.25) is 4.79 Å². The highest BCUT2D eigenvalue weighted by Gasteiger charge is 2.26. The predicted octanol–water partition coefficient (Wildman–Crippen LogP) is 2.95. The van der Waals surface area contributed by atoms with Gasteiger partial charge in [-0.1, -0.05) is 19.1 Å². The van der Waals surface area contributed by atoms with Gasteiger partial charge in [0.1, 0.15) is 0 Å². The fourth-order valence-electron chi connectivity index (χ4n) is 3.15. The van der Waals surface area contributed by atoms with E-state index >= 15 is 0 Å². The Kier molecular flexibility index (Phi) is 6.03. The molecule has 3 rings (SSSR count). The van der Waals surface area contributed by atoms with E-state index in [1.165, 1.54) is 14.2 Å². The Labute approximate surface area is 163 Å². The first kappa shape index (κ1) is 19.5. The fraction of sp³-hybridized carbons (Fsp3) is 0.333. The average molecular weight is 385 g/mol. The summed E-state index contributed by atoms with van der Waals surface area (Å²) < 4.78 is 21.8. The van der Waals surface area contributed by atoms with E-state index in [0.717, 1.165) is 17.5 Å². The Balaban J connectivity index is 2.04. The molecule has 0 atom stereocenters. The zero-order valence-electron chi connectivity index (χ0n) is 16.2. The summed E-state index contributed by atoms with van der Waals surface area (Å²) in [7, 11) is 3.03. The molecule has 0 aliphatic carbocycles. The Morgan fingerprint density at radius 3 is 2.54 bits per heavy atom. The van der Waals surface area contributed by atoms with E-state index < -0.39 is 5.97 Å². The van der Waals surface area contributed by atoms with Crippen LogP contribution in [0.3, 0.4) is 0 Å². The molecule has 0 radical (unpaired) electrons. The first-order valence-electron chi connectivity index (χ1n) is 9.04. The SMILES string of the molecule is CCCOC(=O)COc1c(-c2cccc3c2CNC3=O)ccc(OC)c1OC. The largest absolute Gasteiger partial charge is 0.493 e. The molecule has 1 aliphatic rings. The molecule has 1 heterocycles. The van der Waals surface area contributed by atoms with Gasteiger partial charge in [-0.15, -0.1) is 0 Å². The molecular weight excluding hydrogens is 362 g/mol. The number of amides is 1. The van der Waals surface area contributed by atoms with E-state index in [1.54, 1.807) is 12.1 Å². The van der Waals surface area contributed by atoms with Gasteiger partial charge in [0.15, 0.2) is 18.1 Å². The highest BCUT2D eigenvalue weighted by molar-refractivity contribution is 6.01. The molecule has 0 fully saturated rings. The van der Waals surface area contributed by atoms with Crippen molar-refractivity contribution >= 4 is 11.9 Å². The maximum atomic E-state index is 12.0. The summed E-state index contributed by atoms with van der Waals surface area (Å²) in [5.74, 6) is 0.641. The topological polar surface area (TPSA) is 83.1 Å². The zero-order chi connectivity index (χ0) is 20.1. The lowest BCUT2D eigenvalue weighted by molar-refractivity contribution is -0.146. The first-order chi connectivity index (χ1) is 13.6. The van der Waals surface area contributed by atoms with Crippen LogP contribution >= 0.6 is 0 Å². The van der Waals surface area contributed by atoms with E-state index in [4.69, 9.17) is 18.9 Å². The van der Waals surface area contributed by atoms with Crippen molar-refractivity contribution in [1.82, 2.24) is 5.32 Å². The summed E-state index contributed by atoms with van der Waals surface area (Å²) in [6, 6.07) is 9.09. The fourth-order valence-corrected chi connectivity index (χ4v) is 3.15. The summed E-state index contributed by atoms with van der Waals surface area (Å²) in [6.45, 7) is 2.42. The van der Waals surface area contributed by atoms with Crippen LogP contribution in [-0.2, 0) is 16.1 Å². The number of benzene rings is 2. The van der Waals surface area contributed by atoms with Crippen LogP contribution in [-0.4, -0.2) is 39.3 Å². The molecule has 1 amide bonds. The van der Waals surface area contributed by atoms with Crippen molar-refractivity contribution in [3.63, 3.8) is 0 Å². The standard InChI is InChI=1S/C21H23NO6/c1-4-10-27-18(23)12-28-19-14(8-9-17(25-2)20(19)26-3)13-6-5-7-15-16(13)11-22-21(15)24/h5-9H,4,10-12H2,1-3H3,(H,22,24). The molecule has 0 saturated carbocycles. The Hall–Kier alpha value is -3.22. The second kappa shape index (κ2) is 8.65. The molecule has 1 N–H and O–H groups in total. The summed E-state index contributed by atoms with van der Waals surface area (Å²) >= 11 is 0. The number of esters is 1. The minimum absolute atomic E-state index is 0.108. The molecule has 148 valence electrons. The van der Waals surface area contributed by atoms with Gasteiger partial charge in [-0.05, 0) is 35.7 Å². The maximum absolute atomic E-state index is 12.0. The number of ether oxygens (including phenoxy) is 4.